The fourth-order valence-electron chi connectivity index (χ4n) is 2.60. The number of nitrogens with two attached hydrogens (primary N) is 1. The summed E-state index contributed by atoms with van der Waals surface area (Å²) in [6.07, 6.45) is 6.28. The van der Waals surface area contributed by atoms with Gasteiger partial charge in [0.05, 0.1) is 0 Å². The molecule has 1 saturated heterocycles. The maximum atomic E-state index is 5.57. The molecule has 0 radical (unpaired) electrons. The topological polar surface area (TPSA) is 29.3 Å². The normalized spacial score (nSPS) is 16.2. The molecule has 2 N–H and O–H groups in total. The first-order valence-electron chi connectivity index (χ1n) is 6.86. The Bertz CT molecular complexity index is 354. The zero-order valence-electron chi connectivity index (χ0n) is 10.9. The maximum Gasteiger partial charge on any atom is 0.0369 e. The molecule has 2 heteroatoms. The third-order valence-electron chi connectivity index (χ3n) is 3.70. The van der Waals surface area contributed by atoms with Crippen LogP contribution in [-0.4, -0.2) is 19.6 Å². The van der Waals surface area contributed by atoms with Crippen LogP contribution in [0.1, 0.15) is 36.8 Å². The van der Waals surface area contributed by atoms with Crippen molar-refractivity contribution >= 4 is 5.69 Å². The zero-order chi connectivity index (χ0) is 12.1. The molecule has 0 unspecified atom stereocenters. The van der Waals surface area contributed by atoms with Gasteiger partial charge in [-0.1, -0.05) is 6.07 Å². The highest BCUT2D eigenvalue weighted by Gasteiger charge is 2.11. The SMILES string of the molecule is Cc1cc(N2CCCCC2)ccc1CCCN. The van der Waals surface area contributed by atoms with Crippen molar-refractivity contribution in [3.8, 4) is 0 Å². The summed E-state index contributed by atoms with van der Waals surface area (Å²) in [6.45, 7) is 5.45. The summed E-state index contributed by atoms with van der Waals surface area (Å²) in [5, 5.41) is 0. The van der Waals surface area contributed by atoms with Crippen molar-refractivity contribution in [1.29, 1.82) is 0 Å². The van der Waals surface area contributed by atoms with E-state index in [4.69, 9.17) is 5.73 Å². The second kappa shape index (κ2) is 6.06. The average molecular weight is 232 g/mol. The number of hydrogen-bond donors (Lipinski definition) is 1. The number of aryl methyl sites for hydroxylation is 2. The molecule has 1 fully saturated rings. The third-order valence-corrected chi connectivity index (χ3v) is 3.70. The zero-order valence-corrected chi connectivity index (χ0v) is 10.9. The van der Waals surface area contributed by atoms with E-state index in [9.17, 15) is 0 Å². The van der Waals surface area contributed by atoms with Gasteiger partial charge in [0.25, 0.3) is 0 Å². The molecule has 17 heavy (non-hydrogen) atoms. The Morgan fingerprint density at radius 1 is 1.18 bits per heavy atom. The number of hydrogen-bond acceptors (Lipinski definition) is 2. The van der Waals surface area contributed by atoms with Gasteiger partial charge in [-0.05, 0) is 68.8 Å². The molecule has 1 aromatic rings. The van der Waals surface area contributed by atoms with E-state index in [-0.39, 0.29) is 0 Å². The predicted molar refractivity (Wildman–Crippen MR) is 74.6 cm³/mol. The van der Waals surface area contributed by atoms with E-state index in [1.54, 1.807) is 0 Å². The van der Waals surface area contributed by atoms with Gasteiger partial charge in [-0.3, -0.25) is 0 Å². The van der Waals surface area contributed by atoms with E-state index in [1.807, 2.05) is 0 Å². The summed E-state index contributed by atoms with van der Waals surface area (Å²) in [4.78, 5) is 2.52. The van der Waals surface area contributed by atoms with Crippen molar-refractivity contribution in [3.05, 3.63) is 29.3 Å². The van der Waals surface area contributed by atoms with Gasteiger partial charge in [0.15, 0.2) is 0 Å². The number of nitrogens with zero attached hydrogens (tertiary/aromatic N) is 1. The van der Waals surface area contributed by atoms with Gasteiger partial charge >= 0.3 is 0 Å². The van der Waals surface area contributed by atoms with Gasteiger partial charge in [0.1, 0.15) is 0 Å². The molecular formula is C15H24N2. The Morgan fingerprint density at radius 3 is 2.59 bits per heavy atom. The predicted octanol–water partition coefficient (Wildman–Crippen LogP) is 2.88. The lowest BCUT2D eigenvalue weighted by Gasteiger charge is -2.29. The molecule has 94 valence electrons. The third kappa shape index (κ3) is 3.22. The number of anilines is 1. The Hall–Kier alpha value is -1.02. The van der Waals surface area contributed by atoms with E-state index in [0.29, 0.717) is 0 Å². The van der Waals surface area contributed by atoms with Crippen molar-refractivity contribution < 1.29 is 0 Å². The maximum absolute atomic E-state index is 5.57. The molecule has 0 aromatic heterocycles. The van der Waals surface area contributed by atoms with Gasteiger partial charge in [-0.2, -0.15) is 0 Å². The van der Waals surface area contributed by atoms with Gasteiger partial charge in [0.2, 0.25) is 0 Å². The number of rotatable bonds is 4. The Kier molecular flexibility index (Phi) is 4.43. The first-order valence-corrected chi connectivity index (χ1v) is 6.86. The molecule has 0 amide bonds. The molecular weight excluding hydrogens is 208 g/mol. The lowest BCUT2D eigenvalue weighted by atomic mass is 10.0. The van der Waals surface area contributed by atoms with Crippen molar-refractivity contribution in [1.82, 2.24) is 0 Å². The molecule has 2 rings (SSSR count). The van der Waals surface area contributed by atoms with E-state index in [0.717, 1.165) is 19.4 Å². The fraction of sp³-hybridized carbons (Fsp3) is 0.600. The Labute approximate surface area is 105 Å². The summed E-state index contributed by atoms with van der Waals surface area (Å²) in [6, 6.07) is 6.91. The summed E-state index contributed by atoms with van der Waals surface area (Å²) < 4.78 is 0. The number of piperidine rings is 1. The molecule has 0 bridgehead atoms. The quantitative estimate of drug-likeness (QED) is 0.865. The molecule has 0 atom stereocenters. The Balaban J connectivity index is 2.06. The monoisotopic (exact) mass is 232 g/mol. The molecule has 1 aliphatic rings. The van der Waals surface area contributed by atoms with E-state index in [1.165, 1.54) is 49.2 Å². The summed E-state index contributed by atoms with van der Waals surface area (Å²) in [5.74, 6) is 0. The number of benzene rings is 1. The van der Waals surface area contributed by atoms with Crippen LogP contribution in [0.4, 0.5) is 5.69 Å². The standard InChI is InChI=1S/C15H24N2/c1-13-12-15(17-10-3-2-4-11-17)8-7-14(13)6-5-9-16/h7-8,12H,2-6,9-11,16H2,1H3. The van der Waals surface area contributed by atoms with Crippen LogP contribution in [0, 0.1) is 6.92 Å². The van der Waals surface area contributed by atoms with Crippen LogP contribution in [0.15, 0.2) is 18.2 Å². The van der Waals surface area contributed by atoms with Crippen LogP contribution in [0.2, 0.25) is 0 Å². The van der Waals surface area contributed by atoms with E-state index < -0.39 is 0 Å². The molecule has 0 spiro atoms. The van der Waals surface area contributed by atoms with Crippen LogP contribution < -0.4 is 10.6 Å². The van der Waals surface area contributed by atoms with Gasteiger partial charge in [-0.25, -0.2) is 0 Å². The second-order valence-corrected chi connectivity index (χ2v) is 5.05. The van der Waals surface area contributed by atoms with E-state index in [2.05, 4.69) is 30.0 Å². The van der Waals surface area contributed by atoms with E-state index >= 15 is 0 Å². The minimum absolute atomic E-state index is 0.785. The average Bonchev–Trinajstić information content (AvgIpc) is 2.38. The van der Waals surface area contributed by atoms with Crippen molar-refractivity contribution in [2.24, 2.45) is 5.73 Å². The molecule has 1 aromatic carbocycles. The summed E-state index contributed by atoms with van der Waals surface area (Å²) >= 11 is 0. The van der Waals surface area contributed by atoms with Crippen LogP contribution in [0.5, 0.6) is 0 Å². The highest BCUT2D eigenvalue weighted by Crippen LogP contribution is 2.23. The minimum atomic E-state index is 0.785. The Morgan fingerprint density at radius 2 is 1.94 bits per heavy atom. The second-order valence-electron chi connectivity index (χ2n) is 5.05. The van der Waals surface area contributed by atoms with Gasteiger partial charge < -0.3 is 10.6 Å². The summed E-state index contributed by atoms with van der Waals surface area (Å²) in [5.41, 5.74) is 9.84. The lowest BCUT2D eigenvalue weighted by molar-refractivity contribution is 0.577. The highest BCUT2D eigenvalue weighted by molar-refractivity contribution is 5.51. The van der Waals surface area contributed by atoms with Crippen LogP contribution in [0.25, 0.3) is 0 Å². The van der Waals surface area contributed by atoms with Crippen LogP contribution in [0.3, 0.4) is 0 Å². The first kappa shape index (κ1) is 12.4. The first-order chi connectivity index (χ1) is 8.31. The van der Waals surface area contributed by atoms with Crippen molar-refractivity contribution in [2.75, 3.05) is 24.5 Å². The van der Waals surface area contributed by atoms with Gasteiger partial charge in [0, 0.05) is 18.8 Å². The molecule has 2 nitrogen and oxygen atoms in total. The van der Waals surface area contributed by atoms with Crippen molar-refractivity contribution in [2.45, 2.75) is 39.0 Å². The summed E-state index contributed by atoms with van der Waals surface area (Å²) in [7, 11) is 0. The van der Waals surface area contributed by atoms with Gasteiger partial charge in [-0.15, -0.1) is 0 Å². The van der Waals surface area contributed by atoms with Crippen LogP contribution in [-0.2, 0) is 6.42 Å². The fourth-order valence-corrected chi connectivity index (χ4v) is 2.60. The molecule has 1 aliphatic heterocycles. The molecule has 1 heterocycles. The highest BCUT2D eigenvalue weighted by atomic mass is 15.1. The van der Waals surface area contributed by atoms with Crippen LogP contribution >= 0.6 is 0 Å². The molecule has 0 aliphatic carbocycles. The largest absolute Gasteiger partial charge is 0.372 e. The van der Waals surface area contributed by atoms with Crippen molar-refractivity contribution in [3.63, 3.8) is 0 Å². The minimum Gasteiger partial charge on any atom is -0.372 e. The molecule has 0 saturated carbocycles. The smallest absolute Gasteiger partial charge is 0.0369 e. The lowest BCUT2D eigenvalue weighted by Crippen LogP contribution is -2.29.